The Morgan fingerprint density at radius 1 is 0.950 bits per heavy atom. The normalized spacial score (nSPS) is 18.9. The summed E-state index contributed by atoms with van der Waals surface area (Å²) in [6.45, 7) is 10.1. The Hall–Kier alpha value is 0.0569. The van der Waals surface area contributed by atoms with Gasteiger partial charge in [-0.15, -0.1) is 0 Å². The van der Waals surface area contributed by atoms with Crippen LogP contribution >= 0.6 is 0 Å². The number of hydrogen-bond donors (Lipinski definition) is 0. The number of likely N-dealkylation sites (tertiary alicyclic amines) is 1. The third-order valence-corrected chi connectivity index (χ3v) is 7.40. The van der Waals surface area contributed by atoms with Crippen molar-refractivity contribution in [2.24, 2.45) is 5.92 Å². The predicted octanol–water partition coefficient (Wildman–Crippen LogP) is 2.91. The van der Waals surface area contributed by atoms with Crippen LogP contribution in [0, 0.1) is 5.92 Å². The van der Waals surface area contributed by atoms with E-state index in [1.807, 2.05) is 0 Å². The van der Waals surface area contributed by atoms with E-state index in [1.54, 1.807) is 21.3 Å². The van der Waals surface area contributed by atoms with Gasteiger partial charge in [-0.05, 0) is 12.8 Å². The Morgan fingerprint density at radius 2 is 1.50 bits per heavy atom. The van der Waals surface area contributed by atoms with Gasteiger partial charge in [0, 0.05) is 46.1 Å². The van der Waals surface area contributed by atoms with Crippen molar-refractivity contribution in [3.63, 3.8) is 0 Å². The van der Waals surface area contributed by atoms with E-state index in [4.69, 9.17) is 13.3 Å². The van der Waals surface area contributed by atoms with Crippen molar-refractivity contribution in [2.75, 3.05) is 47.5 Å². The minimum atomic E-state index is -2.36. The summed E-state index contributed by atoms with van der Waals surface area (Å²) in [5.41, 5.74) is 0. The molecule has 0 atom stereocenters. The minimum Gasteiger partial charge on any atom is -0.377 e. The molecule has 1 heterocycles. The van der Waals surface area contributed by atoms with Crippen LogP contribution in [0.5, 0.6) is 0 Å². The second-order valence-corrected chi connectivity index (χ2v) is 9.64. The van der Waals surface area contributed by atoms with Gasteiger partial charge < -0.3 is 17.8 Å². The maximum Gasteiger partial charge on any atom is 0.500 e. The third kappa shape index (κ3) is 5.11. The molecule has 1 aliphatic heterocycles. The molecule has 0 aromatic heterocycles. The molecule has 120 valence electrons. The molecule has 1 rings (SSSR count). The molecular weight excluding hydrogens is 270 g/mol. The first-order valence-electron chi connectivity index (χ1n) is 8.02. The Balaban J connectivity index is 2.38. The molecule has 0 radical (unpaired) electrons. The van der Waals surface area contributed by atoms with Gasteiger partial charge in [-0.25, -0.2) is 0 Å². The zero-order valence-corrected chi connectivity index (χ0v) is 15.1. The molecule has 1 aliphatic rings. The minimum absolute atomic E-state index is 0.790. The molecular formula is C15H34NO3Si+. The molecule has 5 heteroatoms. The largest absolute Gasteiger partial charge is 0.500 e. The van der Waals surface area contributed by atoms with Crippen molar-refractivity contribution < 1.29 is 17.8 Å². The van der Waals surface area contributed by atoms with Crippen LogP contribution < -0.4 is 0 Å². The van der Waals surface area contributed by atoms with Crippen LogP contribution in [0.4, 0.5) is 0 Å². The first kappa shape index (κ1) is 18.1. The quantitative estimate of drug-likeness (QED) is 0.353. The van der Waals surface area contributed by atoms with Crippen molar-refractivity contribution in [1.82, 2.24) is 0 Å². The lowest BCUT2D eigenvalue weighted by Gasteiger charge is -2.36. The summed E-state index contributed by atoms with van der Waals surface area (Å²) in [6.07, 6.45) is 5.19. The van der Waals surface area contributed by atoms with E-state index in [9.17, 15) is 0 Å². The maximum absolute atomic E-state index is 5.49. The van der Waals surface area contributed by atoms with Crippen LogP contribution in [0.2, 0.25) is 6.04 Å². The molecule has 0 aromatic carbocycles. The van der Waals surface area contributed by atoms with E-state index >= 15 is 0 Å². The molecule has 20 heavy (non-hydrogen) atoms. The Morgan fingerprint density at radius 3 is 1.95 bits per heavy atom. The van der Waals surface area contributed by atoms with Gasteiger partial charge in [0.25, 0.3) is 0 Å². The van der Waals surface area contributed by atoms with Gasteiger partial charge in [0.15, 0.2) is 0 Å². The van der Waals surface area contributed by atoms with Gasteiger partial charge >= 0.3 is 8.80 Å². The van der Waals surface area contributed by atoms with E-state index in [1.165, 1.54) is 49.9 Å². The molecule has 0 N–H and O–H groups in total. The zero-order chi connectivity index (χ0) is 15.1. The number of nitrogens with zero attached hydrogens (tertiary/aromatic N) is 1. The Kier molecular flexibility index (Phi) is 7.68. The van der Waals surface area contributed by atoms with Crippen LogP contribution in [-0.2, 0) is 13.3 Å². The molecule has 0 amide bonds. The topological polar surface area (TPSA) is 27.7 Å². The van der Waals surface area contributed by atoms with Crippen molar-refractivity contribution in [3.8, 4) is 0 Å². The summed E-state index contributed by atoms with van der Waals surface area (Å²) in [4.78, 5) is 0. The molecule has 1 saturated heterocycles. The fourth-order valence-corrected chi connectivity index (χ4v) is 5.42. The maximum atomic E-state index is 5.49. The van der Waals surface area contributed by atoms with Crippen LogP contribution in [0.15, 0.2) is 0 Å². The number of quaternary nitrogens is 1. The SMILES string of the molecule is CO[Si](CCCC[N+]1(CC(C)C)CCCC1)(OC)OC. The van der Waals surface area contributed by atoms with Crippen LogP contribution in [0.25, 0.3) is 0 Å². The summed E-state index contributed by atoms with van der Waals surface area (Å²) in [5, 5.41) is 0. The standard InChI is InChI=1S/C15H34NO3Si/c1-15(2)14-16(10-6-7-11-16)12-8-9-13-20(17-3,18-4)19-5/h15H,6-14H2,1-5H3/q+1. The van der Waals surface area contributed by atoms with Crippen LogP contribution in [0.1, 0.15) is 39.5 Å². The molecule has 0 aliphatic carbocycles. The van der Waals surface area contributed by atoms with Gasteiger partial charge in [0.05, 0.1) is 26.2 Å². The van der Waals surface area contributed by atoms with Crippen molar-refractivity contribution in [3.05, 3.63) is 0 Å². The monoisotopic (exact) mass is 304 g/mol. The van der Waals surface area contributed by atoms with E-state index in [0.717, 1.165) is 18.4 Å². The highest BCUT2D eigenvalue weighted by atomic mass is 28.4. The first-order valence-corrected chi connectivity index (χ1v) is 9.95. The summed E-state index contributed by atoms with van der Waals surface area (Å²) in [7, 11) is 2.75. The molecule has 1 fully saturated rings. The first-order chi connectivity index (χ1) is 9.51. The van der Waals surface area contributed by atoms with Gasteiger partial charge in [0.1, 0.15) is 0 Å². The van der Waals surface area contributed by atoms with Gasteiger partial charge in [-0.3, -0.25) is 0 Å². The molecule has 0 bridgehead atoms. The Bertz CT molecular complexity index is 256. The summed E-state index contributed by atoms with van der Waals surface area (Å²) in [6, 6.07) is 0.929. The molecule has 0 spiro atoms. The smallest absolute Gasteiger partial charge is 0.377 e. The highest BCUT2D eigenvalue weighted by molar-refractivity contribution is 6.60. The van der Waals surface area contributed by atoms with Crippen molar-refractivity contribution in [2.45, 2.75) is 45.6 Å². The molecule has 4 nitrogen and oxygen atoms in total. The van der Waals surface area contributed by atoms with E-state index in [2.05, 4.69) is 13.8 Å². The van der Waals surface area contributed by atoms with E-state index in [0.29, 0.717) is 0 Å². The van der Waals surface area contributed by atoms with Gasteiger partial charge in [-0.1, -0.05) is 13.8 Å². The number of unbranched alkanes of at least 4 members (excludes halogenated alkanes) is 1. The fraction of sp³-hybridized carbons (Fsp3) is 1.00. The van der Waals surface area contributed by atoms with Gasteiger partial charge in [0.2, 0.25) is 0 Å². The average Bonchev–Trinajstić information content (AvgIpc) is 2.88. The second kappa shape index (κ2) is 8.49. The average molecular weight is 305 g/mol. The molecule has 0 aromatic rings. The number of rotatable bonds is 10. The zero-order valence-electron chi connectivity index (χ0n) is 14.1. The third-order valence-electron chi connectivity index (χ3n) is 4.57. The van der Waals surface area contributed by atoms with Gasteiger partial charge in [-0.2, -0.15) is 0 Å². The van der Waals surface area contributed by atoms with Crippen LogP contribution in [-0.4, -0.2) is 60.8 Å². The highest BCUT2D eigenvalue weighted by Crippen LogP contribution is 2.24. The summed E-state index contributed by atoms with van der Waals surface area (Å²) >= 11 is 0. The summed E-state index contributed by atoms with van der Waals surface area (Å²) < 4.78 is 17.8. The predicted molar refractivity (Wildman–Crippen MR) is 84.6 cm³/mol. The highest BCUT2D eigenvalue weighted by Gasteiger charge is 2.38. The lowest BCUT2D eigenvalue weighted by Crippen LogP contribution is -2.48. The molecule has 0 saturated carbocycles. The summed E-state index contributed by atoms with van der Waals surface area (Å²) in [5.74, 6) is 0.790. The lowest BCUT2D eigenvalue weighted by atomic mass is 10.1. The van der Waals surface area contributed by atoms with Crippen molar-refractivity contribution >= 4 is 8.80 Å². The second-order valence-electron chi connectivity index (χ2n) is 6.55. The van der Waals surface area contributed by atoms with Crippen LogP contribution in [0.3, 0.4) is 0 Å². The Labute approximate surface area is 126 Å². The van der Waals surface area contributed by atoms with Crippen molar-refractivity contribution in [1.29, 1.82) is 0 Å². The number of hydrogen-bond acceptors (Lipinski definition) is 3. The molecule has 0 unspecified atom stereocenters. The lowest BCUT2D eigenvalue weighted by molar-refractivity contribution is -0.919. The van der Waals surface area contributed by atoms with E-state index in [-0.39, 0.29) is 0 Å². The van der Waals surface area contributed by atoms with E-state index < -0.39 is 8.80 Å². The fourth-order valence-electron chi connectivity index (χ4n) is 3.62.